The quantitative estimate of drug-likeness (QED) is 0.816. The lowest BCUT2D eigenvalue weighted by atomic mass is 9.68. The maximum absolute atomic E-state index is 11.9. The maximum Gasteiger partial charge on any atom is 0.333 e. The van der Waals surface area contributed by atoms with Gasteiger partial charge in [-0.05, 0) is 40.0 Å². The summed E-state index contributed by atoms with van der Waals surface area (Å²) in [6, 6.07) is 0. The van der Waals surface area contributed by atoms with Gasteiger partial charge in [-0.25, -0.2) is 9.59 Å². The van der Waals surface area contributed by atoms with Crippen molar-refractivity contribution in [3.8, 4) is 0 Å². The predicted molar refractivity (Wildman–Crippen MR) is 85.2 cm³/mol. The molecule has 0 aromatic rings. The molecule has 0 atom stereocenters. The summed E-state index contributed by atoms with van der Waals surface area (Å²) in [5.41, 5.74) is 0.660. The van der Waals surface area contributed by atoms with Crippen molar-refractivity contribution in [2.45, 2.75) is 60.9 Å². The summed E-state index contributed by atoms with van der Waals surface area (Å²) in [5.74, 6) is -2.77. The van der Waals surface area contributed by atoms with Crippen LogP contribution in [0.5, 0.6) is 0 Å². The van der Waals surface area contributed by atoms with Crippen LogP contribution in [0.15, 0.2) is 22.5 Å². The zero-order valence-corrected chi connectivity index (χ0v) is 14.7. The molecule has 22 heavy (non-hydrogen) atoms. The average molecular weight is 309 g/mol. The molecule has 124 valence electrons. The van der Waals surface area contributed by atoms with Crippen LogP contribution < -0.4 is 0 Å². The van der Waals surface area contributed by atoms with E-state index in [1.54, 1.807) is 13.8 Å². The molecule has 0 saturated heterocycles. The summed E-state index contributed by atoms with van der Waals surface area (Å²) in [6.45, 7) is 15.0. The molecule has 0 aliphatic carbocycles. The lowest BCUT2D eigenvalue weighted by Gasteiger charge is -2.47. The number of allylic oxidation sites excluding steroid dienone is 2. The van der Waals surface area contributed by atoms with Crippen molar-refractivity contribution in [3.05, 3.63) is 22.5 Å². The van der Waals surface area contributed by atoms with Crippen molar-refractivity contribution in [1.82, 2.24) is 4.90 Å². The number of carboxylic acid groups (broad SMARTS) is 2. The van der Waals surface area contributed by atoms with Crippen molar-refractivity contribution in [1.29, 1.82) is 0 Å². The average Bonchev–Trinajstić information content (AvgIpc) is 2.23. The van der Waals surface area contributed by atoms with Crippen LogP contribution in [-0.2, 0) is 9.59 Å². The van der Waals surface area contributed by atoms with Crippen LogP contribution in [0.25, 0.3) is 0 Å². The normalized spacial score (nSPS) is 18.1. The van der Waals surface area contributed by atoms with Gasteiger partial charge in [0.1, 0.15) is 0 Å². The first-order valence-corrected chi connectivity index (χ1v) is 7.39. The van der Waals surface area contributed by atoms with Gasteiger partial charge in [0.2, 0.25) is 0 Å². The van der Waals surface area contributed by atoms with Gasteiger partial charge < -0.3 is 15.1 Å². The van der Waals surface area contributed by atoms with E-state index in [1.807, 2.05) is 46.4 Å². The lowest BCUT2D eigenvalue weighted by molar-refractivity contribution is -0.135. The highest BCUT2D eigenvalue weighted by Crippen LogP contribution is 2.46. The Labute approximate surface area is 132 Å². The minimum atomic E-state index is -1.06. The Morgan fingerprint density at radius 1 is 0.864 bits per heavy atom. The first-order valence-electron chi connectivity index (χ1n) is 7.39. The number of hydrogen-bond donors (Lipinski definition) is 2. The summed E-state index contributed by atoms with van der Waals surface area (Å²) in [5, 5.41) is 19.4. The summed E-state index contributed by atoms with van der Waals surface area (Å²) < 4.78 is 0. The van der Waals surface area contributed by atoms with Gasteiger partial charge in [-0.2, -0.15) is 0 Å². The van der Waals surface area contributed by atoms with E-state index in [-0.39, 0.29) is 11.1 Å². The standard InChI is InChI=1S/C17H27NO4/c1-9-11(14(19)20)13(16(3,4)5)12(15(21)22)10(2)18(9)17(6,7)8/h13H,1-8H3,(H,19,20)(H,21,22). The first kappa shape index (κ1) is 18.3. The van der Waals surface area contributed by atoms with Crippen LogP contribution in [0.2, 0.25) is 0 Å². The lowest BCUT2D eigenvalue weighted by Crippen LogP contribution is -2.46. The molecule has 5 heteroatoms. The van der Waals surface area contributed by atoms with Gasteiger partial charge in [-0.3, -0.25) is 0 Å². The summed E-state index contributed by atoms with van der Waals surface area (Å²) >= 11 is 0. The third-order valence-corrected chi connectivity index (χ3v) is 4.03. The molecule has 0 bridgehead atoms. The molecule has 0 aromatic carbocycles. The highest BCUT2D eigenvalue weighted by atomic mass is 16.4. The van der Waals surface area contributed by atoms with E-state index in [0.717, 1.165) is 0 Å². The van der Waals surface area contributed by atoms with E-state index in [0.29, 0.717) is 11.4 Å². The molecule has 0 fully saturated rings. The second-order valence-electron chi connectivity index (χ2n) is 7.91. The van der Waals surface area contributed by atoms with Gasteiger partial charge in [0.15, 0.2) is 0 Å². The second kappa shape index (κ2) is 5.45. The SMILES string of the molecule is CC1=C(C(=O)O)C(C(C)(C)C)C(C(=O)O)=C(C)N1C(C)(C)C. The van der Waals surface area contributed by atoms with Gasteiger partial charge in [0.25, 0.3) is 0 Å². The second-order valence-corrected chi connectivity index (χ2v) is 7.91. The molecule has 0 saturated carbocycles. The fourth-order valence-corrected chi connectivity index (χ4v) is 3.48. The molecule has 1 aliphatic rings. The predicted octanol–water partition coefficient (Wildman–Crippen LogP) is 3.48. The van der Waals surface area contributed by atoms with Crippen LogP contribution in [0, 0.1) is 11.3 Å². The number of nitrogens with zero attached hydrogens (tertiary/aromatic N) is 1. The smallest absolute Gasteiger partial charge is 0.333 e. The third-order valence-electron chi connectivity index (χ3n) is 4.03. The Bertz CT molecular complexity index is 532. The van der Waals surface area contributed by atoms with Gasteiger partial charge in [-0.1, -0.05) is 20.8 Å². The molecular weight excluding hydrogens is 282 g/mol. The van der Waals surface area contributed by atoms with E-state index < -0.39 is 28.8 Å². The largest absolute Gasteiger partial charge is 0.478 e. The van der Waals surface area contributed by atoms with Crippen molar-refractivity contribution >= 4 is 11.9 Å². The van der Waals surface area contributed by atoms with E-state index in [2.05, 4.69) is 0 Å². The monoisotopic (exact) mass is 309 g/mol. The number of hydrogen-bond acceptors (Lipinski definition) is 3. The molecule has 0 spiro atoms. The molecule has 1 aliphatic heterocycles. The fourth-order valence-electron chi connectivity index (χ4n) is 3.48. The van der Waals surface area contributed by atoms with Crippen LogP contribution in [0.1, 0.15) is 55.4 Å². The molecule has 0 unspecified atom stereocenters. The van der Waals surface area contributed by atoms with Gasteiger partial charge in [-0.15, -0.1) is 0 Å². The topological polar surface area (TPSA) is 77.8 Å². The zero-order chi connectivity index (χ0) is 17.6. The van der Waals surface area contributed by atoms with E-state index in [4.69, 9.17) is 0 Å². The highest BCUT2D eigenvalue weighted by molar-refractivity contribution is 5.96. The summed E-state index contributed by atoms with van der Waals surface area (Å²) in [4.78, 5) is 25.6. The van der Waals surface area contributed by atoms with Crippen LogP contribution in [-0.4, -0.2) is 32.6 Å². The fraction of sp³-hybridized carbons (Fsp3) is 0.647. The van der Waals surface area contributed by atoms with Crippen molar-refractivity contribution in [3.63, 3.8) is 0 Å². The molecule has 5 nitrogen and oxygen atoms in total. The molecule has 0 amide bonds. The number of aliphatic carboxylic acids is 2. The molecule has 2 N–H and O–H groups in total. The van der Waals surface area contributed by atoms with Crippen LogP contribution in [0.3, 0.4) is 0 Å². The van der Waals surface area contributed by atoms with Crippen LogP contribution in [0.4, 0.5) is 0 Å². The minimum absolute atomic E-state index is 0.172. The molecule has 1 rings (SSSR count). The first-order chi connectivity index (χ1) is 9.71. The number of carbonyl (C=O) groups is 2. The van der Waals surface area contributed by atoms with E-state index in [1.165, 1.54) is 0 Å². The van der Waals surface area contributed by atoms with Gasteiger partial charge in [0.05, 0.1) is 11.1 Å². The third kappa shape index (κ3) is 3.03. The number of carboxylic acids is 2. The summed E-state index contributed by atoms with van der Waals surface area (Å²) in [6.07, 6.45) is 0. The Kier molecular flexibility index (Phi) is 4.52. The molecule has 0 radical (unpaired) electrons. The molecule has 1 heterocycles. The van der Waals surface area contributed by atoms with Gasteiger partial charge >= 0.3 is 11.9 Å². The Morgan fingerprint density at radius 2 is 1.18 bits per heavy atom. The molecular formula is C17H27NO4. The minimum Gasteiger partial charge on any atom is -0.478 e. The number of rotatable bonds is 2. The summed E-state index contributed by atoms with van der Waals surface area (Å²) in [7, 11) is 0. The van der Waals surface area contributed by atoms with Crippen molar-refractivity contribution in [2.24, 2.45) is 11.3 Å². The Balaban J connectivity index is 3.81. The highest BCUT2D eigenvalue weighted by Gasteiger charge is 2.45. The van der Waals surface area contributed by atoms with Crippen molar-refractivity contribution in [2.75, 3.05) is 0 Å². The van der Waals surface area contributed by atoms with Crippen molar-refractivity contribution < 1.29 is 19.8 Å². The maximum atomic E-state index is 11.9. The van der Waals surface area contributed by atoms with Gasteiger partial charge in [0, 0.05) is 22.9 Å². The van der Waals surface area contributed by atoms with E-state index in [9.17, 15) is 19.8 Å². The Morgan fingerprint density at radius 3 is 1.36 bits per heavy atom. The Hall–Kier alpha value is -1.78. The molecule has 0 aromatic heterocycles. The van der Waals surface area contributed by atoms with E-state index >= 15 is 0 Å². The van der Waals surface area contributed by atoms with Crippen LogP contribution >= 0.6 is 0 Å². The zero-order valence-electron chi connectivity index (χ0n) is 14.7.